The van der Waals surface area contributed by atoms with Crippen molar-refractivity contribution in [2.45, 2.75) is 32.1 Å². The van der Waals surface area contributed by atoms with E-state index in [1.165, 1.54) is 0 Å². The third-order valence-electron chi connectivity index (χ3n) is 4.26. The van der Waals surface area contributed by atoms with Gasteiger partial charge >= 0.3 is 0 Å². The van der Waals surface area contributed by atoms with Crippen LogP contribution in [0.2, 0.25) is 5.02 Å². The molecular formula is C18H25ClN2O3. The van der Waals surface area contributed by atoms with Crippen LogP contribution in [-0.4, -0.2) is 49.6 Å². The maximum atomic E-state index is 12.0. The largest absolute Gasteiger partial charge is 0.378 e. The Labute approximate surface area is 148 Å². The van der Waals surface area contributed by atoms with Crippen LogP contribution in [0.25, 0.3) is 0 Å². The van der Waals surface area contributed by atoms with E-state index < -0.39 is 0 Å². The van der Waals surface area contributed by atoms with Gasteiger partial charge < -0.3 is 15.0 Å². The average molecular weight is 353 g/mol. The van der Waals surface area contributed by atoms with Crippen LogP contribution in [0.1, 0.15) is 32.3 Å². The molecule has 5 nitrogen and oxygen atoms in total. The number of halogens is 1. The molecule has 0 aliphatic carbocycles. The van der Waals surface area contributed by atoms with Crippen LogP contribution in [0, 0.1) is 0 Å². The first kappa shape index (κ1) is 18.7. The molecule has 24 heavy (non-hydrogen) atoms. The van der Waals surface area contributed by atoms with Crippen molar-refractivity contribution in [2.24, 2.45) is 0 Å². The molecule has 0 saturated carbocycles. The molecule has 1 aliphatic heterocycles. The van der Waals surface area contributed by atoms with Crippen LogP contribution in [0.4, 0.5) is 0 Å². The normalized spacial score (nSPS) is 15.2. The molecule has 1 aliphatic rings. The van der Waals surface area contributed by atoms with Gasteiger partial charge in [0.25, 0.3) is 0 Å². The number of morpholine rings is 1. The van der Waals surface area contributed by atoms with Crippen LogP contribution in [0.15, 0.2) is 24.3 Å². The fraction of sp³-hybridized carbons (Fsp3) is 0.556. The smallest absolute Gasteiger partial charge is 0.223 e. The Morgan fingerprint density at radius 3 is 2.62 bits per heavy atom. The SMILES string of the molecule is CC(C)(CNC(=O)CCC(=O)N1CCOCC1)c1cccc(Cl)c1. The Morgan fingerprint density at radius 2 is 1.96 bits per heavy atom. The highest BCUT2D eigenvalue weighted by Gasteiger charge is 2.22. The summed E-state index contributed by atoms with van der Waals surface area (Å²) in [6.07, 6.45) is 0.450. The topological polar surface area (TPSA) is 58.6 Å². The zero-order valence-corrected chi connectivity index (χ0v) is 15.1. The molecule has 0 spiro atoms. The number of carbonyl (C=O) groups excluding carboxylic acids is 2. The summed E-state index contributed by atoms with van der Waals surface area (Å²) in [6, 6.07) is 7.65. The van der Waals surface area contributed by atoms with Crippen LogP contribution in [0.5, 0.6) is 0 Å². The number of hydrogen-bond donors (Lipinski definition) is 1. The molecule has 2 rings (SSSR count). The van der Waals surface area contributed by atoms with Crippen molar-refractivity contribution in [3.63, 3.8) is 0 Å². The molecule has 0 aromatic heterocycles. The molecule has 1 fully saturated rings. The van der Waals surface area contributed by atoms with Crippen molar-refractivity contribution in [3.8, 4) is 0 Å². The number of hydrogen-bond acceptors (Lipinski definition) is 3. The second-order valence-electron chi connectivity index (χ2n) is 6.66. The Kier molecular flexibility index (Phi) is 6.63. The van der Waals surface area contributed by atoms with Crippen molar-refractivity contribution >= 4 is 23.4 Å². The minimum absolute atomic E-state index is 0.0163. The molecule has 132 valence electrons. The summed E-state index contributed by atoms with van der Waals surface area (Å²) in [5.74, 6) is -0.0886. The van der Waals surface area contributed by atoms with E-state index in [1.807, 2.05) is 24.3 Å². The van der Waals surface area contributed by atoms with Crippen LogP contribution in [-0.2, 0) is 19.7 Å². The van der Waals surface area contributed by atoms with E-state index in [-0.39, 0.29) is 30.1 Å². The monoisotopic (exact) mass is 352 g/mol. The predicted molar refractivity (Wildman–Crippen MR) is 94.1 cm³/mol. The van der Waals surface area contributed by atoms with Crippen molar-refractivity contribution in [3.05, 3.63) is 34.9 Å². The first-order valence-corrected chi connectivity index (χ1v) is 8.64. The van der Waals surface area contributed by atoms with E-state index in [9.17, 15) is 9.59 Å². The van der Waals surface area contributed by atoms with Crippen molar-refractivity contribution in [1.29, 1.82) is 0 Å². The van der Waals surface area contributed by atoms with E-state index in [0.29, 0.717) is 37.9 Å². The highest BCUT2D eigenvalue weighted by molar-refractivity contribution is 6.30. The fourth-order valence-electron chi connectivity index (χ4n) is 2.61. The molecular weight excluding hydrogens is 328 g/mol. The molecule has 1 aromatic carbocycles. The lowest BCUT2D eigenvalue weighted by molar-refractivity contribution is -0.137. The molecule has 1 aromatic rings. The van der Waals surface area contributed by atoms with Crippen molar-refractivity contribution in [2.75, 3.05) is 32.8 Å². The molecule has 0 radical (unpaired) electrons. The molecule has 2 amide bonds. The molecule has 0 bridgehead atoms. The summed E-state index contributed by atoms with van der Waals surface area (Å²) in [5, 5.41) is 3.61. The average Bonchev–Trinajstić information content (AvgIpc) is 2.58. The second kappa shape index (κ2) is 8.49. The lowest BCUT2D eigenvalue weighted by Crippen LogP contribution is -2.41. The number of benzene rings is 1. The Morgan fingerprint density at radius 1 is 1.25 bits per heavy atom. The molecule has 1 heterocycles. The third kappa shape index (κ3) is 5.49. The summed E-state index contributed by atoms with van der Waals surface area (Å²) >= 11 is 6.03. The first-order valence-electron chi connectivity index (χ1n) is 8.27. The van der Waals surface area contributed by atoms with Gasteiger partial charge in [-0.2, -0.15) is 0 Å². The van der Waals surface area contributed by atoms with Gasteiger partial charge in [0.1, 0.15) is 0 Å². The summed E-state index contributed by atoms with van der Waals surface area (Å²) in [4.78, 5) is 25.8. The lowest BCUT2D eigenvalue weighted by Gasteiger charge is -2.27. The van der Waals surface area contributed by atoms with Gasteiger partial charge in [0.2, 0.25) is 11.8 Å². The van der Waals surface area contributed by atoms with E-state index in [0.717, 1.165) is 5.56 Å². The Balaban J connectivity index is 1.76. The van der Waals surface area contributed by atoms with Gasteiger partial charge in [-0.1, -0.05) is 37.6 Å². The van der Waals surface area contributed by atoms with E-state index >= 15 is 0 Å². The highest BCUT2D eigenvalue weighted by atomic mass is 35.5. The lowest BCUT2D eigenvalue weighted by atomic mass is 9.84. The van der Waals surface area contributed by atoms with Gasteiger partial charge in [-0.15, -0.1) is 0 Å². The predicted octanol–water partition coefficient (Wildman–Crippen LogP) is 2.37. The summed E-state index contributed by atoms with van der Waals surface area (Å²) < 4.78 is 5.22. The first-order chi connectivity index (χ1) is 11.4. The Hall–Kier alpha value is -1.59. The zero-order valence-electron chi connectivity index (χ0n) is 14.3. The molecule has 1 saturated heterocycles. The number of ether oxygens (including phenoxy) is 1. The minimum Gasteiger partial charge on any atom is -0.378 e. The summed E-state index contributed by atoms with van der Waals surface area (Å²) in [6.45, 7) is 6.98. The highest BCUT2D eigenvalue weighted by Crippen LogP contribution is 2.24. The maximum absolute atomic E-state index is 12.0. The van der Waals surface area contributed by atoms with Crippen LogP contribution < -0.4 is 5.32 Å². The fourth-order valence-corrected chi connectivity index (χ4v) is 2.80. The molecule has 6 heteroatoms. The Bertz CT molecular complexity index is 583. The number of carbonyl (C=O) groups is 2. The number of rotatable bonds is 6. The van der Waals surface area contributed by atoms with Crippen molar-refractivity contribution in [1.82, 2.24) is 10.2 Å². The quantitative estimate of drug-likeness (QED) is 0.855. The van der Waals surface area contributed by atoms with Gasteiger partial charge in [0, 0.05) is 42.9 Å². The van der Waals surface area contributed by atoms with E-state index in [4.69, 9.17) is 16.3 Å². The molecule has 0 unspecified atom stereocenters. The molecule has 1 N–H and O–H groups in total. The van der Waals surface area contributed by atoms with E-state index in [1.54, 1.807) is 4.90 Å². The van der Waals surface area contributed by atoms with Gasteiger partial charge in [0.05, 0.1) is 13.2 Å². The second-order valence-corrected chi connectivity index (χ2v) is 7.10. The zero-order chi connectivity index (χ0) is 17.6. The molecule has 0 atom stereocenters. The number of amides is 2. The standard InChI is InChI=1S/C18H25ClN2O3/c1-18(2,14-4-3-5-15(19)12-14)13-20-16(22)6-7-17(23)21-8-10-24-11-9-21/h3-5,12H,6-11,13H2,1-2H3,(H,20,22). The van der Waals surface area contributed by atoms with Crippen molar-refractivity contribution < 1.29 is 14.3 Å². The van der Waals surface area contributed by atoms with Crippen LogP contribution in [0.3, 0.4) is 0 Å². The van der Waals surface area contributed by atoms with Gasteiger partial charge in [-0.25, -0.2) is 0 Å². The van der Waals surface area contributed by atoms with Gasteiger partial charge in [0.15, 0.2) is 0 Å². The third-order valence-corrected chi connectivity index (χ3v) is 4.50. The summed E-state index contributed by atoms with van der Waals surface area (Å²) in [5.41, 5.74) is 0.842. The van der Waals surface area contributed by atoms with Crippen LogP contribution >= 0.6 is 11.6 Å². The van der Waals surface area contributed by atoms with Gasteiger partial charge in [-0.05, 0) is 17.7 Å². The van der Waals surface area contributed by atoms with E-state index in [2.05, 4.69) is 19.2 Å². The number of nitrogens with one attached hydrogen (secondary N) is 1. The minimum atomic E-state index is -0.227. The number of nitrogens with zero attached hydrogens (tertiary/aromatic N) is 1. The maximum Gasteiger partial charge on any atom is 0.223 e. The summed E-state index contributed by atoms with van der Waals surface area (Å²) in [7, 11) is 0. The van der Waals surface area contributed by atoms with Gasteiger partial charge in [-0.3, -0.25) is 9.59 Å².